The van der Waals surface area contributed by atoms with Crippen LogP contribution in [-0.4, -0.2) is 32.5 Å². The van der Waals surface area contributed by atoms with E-state index >= 15 is 0 Å². The van der Waals surface area contributed by atoms with Gasteiger partial charge in [0.2, 0.25) is 0 Å². The number of rotatable bonds is 7. The standard InChI is InChI=1S/C17H21NO3/c1-20-16-8-4-14(5-9-16)18(12-3-13-19)15-6-10-17(21-2)11-7-15/h4-11,19H,3,12-13H2,1-2H3. The highest BCUT2D eigenvalue weighted by Crippen LogP contribution is 2.28. The van der Waals surface area contributed by atoms with Gasteiger partial charge in [-0.15, -0.1) is 0 Å². The second-order valence-electron chi connectivity index (χ2n) is 4.62. The van der Waals surface area contributed by atoms with Crippen molar-refractivity contribution >= 4 is 11.4 Å². The van der Waals surface area contributed by atoms with E-state index in [-0.39, 0.29) is 6.61 Å². The molecule has 21 heavy (non-hydrogen) atoms. The van der Waals surface area contributed by atoms with E-state index in [0.717, 1.165) is 29.4 Å². The van der Waals surface area contributed by atoms with Crippen LogP contribution in [0.2, 0.25) is 0 Å². The summed E-state index contributed by atoms with van der Waals surface area (Å²) < 4.78 is 10.4. The summed E-state index contributed by atoms with van der Waals surface area (Å²) in [6.45, 7) is 0.915. The van der Waals surface area contributed by atoms with Crippen molar-refractivity contribution < 1.29 is 14.6 Å². The second-order valence-corrected chi connectivity index (χ2v) is 4.62. The molecular formula is C17H21NO3. The molecule has 0 aliphatic carbocycles. The highest BCUT2D eigenvalue weighted by atomic mass is 16.5. The number of benzene rings is 2. The van der Waals surface area contributed by atoms with Crippen LogP contribution in [-0.2, 0) is 0 Å². The molecule has 4 nitrogen and oxygen atoms in total. The zero-order valence-corrected chi connectivity index (χ0v) is 12.5. The van der Waals surface area contributed by atoms with E-state index in [2.05, 4.69) is 4.90 Å². The Morgan fingerprint density at radius 3 is 1.57 bits per heavy atom. The summed E-state index contributed by atoms with van der Waals surface area (Å²) in [7, 11) is 3.31. The Kier molecular flexibility index (Phi) is 5.46. The predicted molar refractivity (Wildman–Crippen MR) is 84.7 cm³/mol. The SMILES string of the molecule is COc1ccc(N(CCCO)c2ccc(OC)cc2)cc1. The van der Waals surface area contributed by atoms with Crippen molar-refractivity contribution in [1.82, 2.24) is 0 Å². The molecule has 0 amide bonds. The van der Waals surface area contributed by atoms with E-state index in [9.17, 15) is 0 Å². The van der Waals surface area contributed by atoms with Crippen molar-refractivity contribution in [3.8, 4) is 11.5 Å². The minimum atomic E-state index is 0.169. The van der Waals surface area contributed by atoms with Gasteiger partial charge in [0.15, 0.2) is 0 Å². The van der Waals surface area contributed by atoms with Gasteiger partial charge in [0.25, 0.3) is 0 Å². The van der Waals surface area contributed by atoms with Crippen LogP contribution >= 0.6 is 0 Å². The summed E-state index contributed by atoms with van der Waals surface area (Å²) >= 11 is 0. The molecule has 0 aliphatic rings. The maximum Gasteiger partial charge on any atom is 0.119 e. The topological polar surface area (TPSA) is 41.9 Å². The summed E-state index contributed by atoms with van der Waals surface area (Å²) in [6.07, 6.45) is 0.706. The lowest BCUT2D eigenvalue weighted by Crippen LogP contribution is -2.19. The molecule has 2 aromatic rings. The van der Waals surface area contributed by atoms with Gasteiger partial charge in [-0.2, -0.15) is 0 Å². The molecule has 0 aliphatic heterocycles. The first kappa shape index (κ1) is 15.2. The van der Waals surface area contributed by atoms with Gasteiger partial charge in [-0.25, -0.2) is 0 Å². The minimum absolute atomic E-state index is 0.169. The Morgan fingerprint density at radius 1 is 0.810 bits per heavy atom. The van der Waals surface area contributed by atoms with E-state index in [1.165, 1.54) is 0 Å². The molecule has 0 heterocycles. The van der Waals surface area contributed by atoms with Crippen LogP contribution in [0.5, 0.6) is 11.5 Å². The van der Waals surface area contributed by atoms with E-state index in [4.69, 9.17) is 14.6 Å². The van der Waals surface area contributed by atoms with Gasteiger partial charge in [-0.05, 0) is 55.0 Å². The van der Waals surface area contributed by atoms with E-state index in [1.807, 2.05) is 48.5 Å². The number of nitrogens with zero attached hydrogens (tertiary/aromatic N) is 1. The molecule has 0 saturated carbocycles. The summed E-state index contributed by atoms with van der Waals surface area (Å²) in [5, 5.41) is 9.11. The summed E-state index contributed by atoms with van der Waals surface area (Å²) in [6, 6.07) is 15.8. The van der Waals surface area contributed by atoms with Crippen LogP contribution in [0, 0.1) is 0 Å². The van der Waals surface area contributed by atoms with Crippen molar-refractivity contribution in [1.29, 1.82) is 0 Å². The summed E-state index contributed by atoms with van der Waals surface area (Å²) in [5.74, 6) is 1.66. The number of aliphatic hydroxyl groups is 1. The van der Waals surface area contributed by atoms with Crippen LogP contribution in [0.3, 0.4) is 0 Å². The van der Waals surface area contributed by atoms with Crippen LogP contribution in [0.25, 0.3) is 0 Å². The van der Waals surface area contributed by atoms with Crippen LogP contribution in [0.15, 0.2) is 48.5 Å². The Hall–Kier alpha value is -2.20. The van der Waals surface area contributed by atoms with Crippen LogP contribution < -0.4 is 14.4 Å². The van der Waals surface area contributed by atoms with Gasteiger partial charge in [0.1, 0.15) is 11.5 Å². The zero-order chi connectivity index (χ0) is 15.1. The molecule has 0 radical (unpaired) electrons. The lowest BCUT2D eigenvalue weighted by molar-refractivity contribution is 0.291. The molecule has 2 rings (SSSR count). The van der Waals surface area contributed by atoms with Crippen molar-refractivity contribution in [2.45, 2.75) is 6.42 Å². The number of anilines is 2. The minimum Gasteiger partial charge on any atom is -0.497 e. The molecule has 0 fully saturated rings. The summed E-state index contributed by atoms with van der Waals surface area (Å²) in [4.78, 5) is 2.16. The van der Waals surface area contributed by atoms with Gasteiger partial charge in [0.05, 0.1) is 14.2 Å². The average Bonchev–Trinajstić information content (AvgIpc) is 2.56. The van der Waals surface area contributed by atoms with Gasteiger partial charge >= 0.3 is 0 Å². The average molecular weight is 287 g/mol. The third kappa shape index (κ3) is 3.89. The molecule has 0 bridgehead atoms. The molecule has 0 aromatic heterocycles. The van der Waals surface area contributed by atoms with Crippen molar-refractivity contribution in [3.63, 3.8) is 0 Å². The van der Waals surface area contributed by atoms with E-state index in [1.54, 1.807) is 14.2 Å². The lowest BCUT2D eigenvalue weighted by atomic mass is 10.2. The Bertz CT molecular complexity index is 489. The molecular weight excluding hydrogens is 266 g/mol. The maximum atomic E-state index is 9.11. The number of hydrogen-bond donors (Lipinski definition) is 1. The molecule has 0 atom stereocenters. The number of ether oxygens (including phenoxy) is 2. The fraction of sp³-hybridized carbons (Fsp3) is 0.294. The molecule has 1 N–H and O–H groups in total. The van der Waals surface area contributed by atoms with Crippen molar-refractivity contribution in [2.24, 2.45) is 0 Å². The van der Waals surface area contributed by atoms with Gasteiger partial charge in [-0.3, -0.25) is 0 Å². The largest absolute Gasteiger partial charge is 0.497 e. The predicted octanol–water partition coefficient (Wildman–Crippen LogP) is 3.22. The number of aliphatic hydroxyl groups excluding tert-OH is 1. The maximum absolute atomic E-state index is 9.11. The van der Waals surface area contributed by atoms with Crippen LogP contribution in [0.4, 0.5) is 11.4 Å². The van der Waals surface area contributed by atoms with E-state index < -0.39 is 0 Å². The zero-order valence-electron chi connectivity index (χ0n) is 12.5. The quantitative estimate of drug-likeness (QED) is 0.849. The second kappa shape index (κ2) is 7.55. The van der Waals surface area contributed by atoms with E-state index in [0.29, 0.717) is 6.42 Å². The summed E-state index contributed by atoms with van der Waals surface area (Å²) in [5.41, 5.74) is 2.13. The first-order valence-electron chi connectivity index (χ1n) is 6.95. The van der Waals surface area contributed by atoms with Gasteiger partial charge < -0.3 is 19.5 Å². The number of hydrogen-bond acceptors (Lipinski definition) is 4. The third-order valence-electron chi connectivity index (χ3n) is 3.31. The van der Waals surface area contributed by atoms with Crippen molar-refractivity contribution in [3.05, 3.63) is 48.5 Å². The van der Waals surface area contributed by atoms with Crippen LogP contribution in [0.1, 0.15) is 6.42 Å². The van der Waals surface area contributed by atoms with Gasteiger partial charge in [0, 0.05) is 24.5 Å². The highest BCUT2D eigenvalue weighted by molar-refractivity contribution is 5.64. The first-order valence-corrected chi connectivity index (χ1v) is 6.95. The Labute approximate surface area is 125 Å². The fourth-order valence-electron chi connectivity index (χ4n) is 2.16. The lowest BCUT2D eigenvalue weighted by Gasteiger charge is -2.25. The molecule has 0 saturated heterocycles. The van der Waals surface area contributed by atoms with Crippen molar-refractivity contribution in [2.75, 3.05) is 32.3 Å². The Morgan fingerprint density at radius 2 is 1.24 bits per heavy atom. The fourth-order valence-corrected chi connectivity index (χ4v) is 2.16. The third-order valence-corrected chi connectivity index (χ3v) is 3.31. The van der Waals surface area contributed by atoms with Gasteiger partial charge in [-0.1, -0.05) is 0 Å². The Balaban J connectivity index is 2.26. The smallest absolute Gasteiger partial charge is 0.119 e. The normalized spacial score (nSPS) is 10.2. The number of methoxy groups -OCH3 is 2. The first-order chi connectivity index (χ1) is 10.3. The highest BCUT2D eigenvalue weighted by Gasteiger charge is 2.09. The monoisotopic (exact) mass is 287 g/mol. The molecule has 112 valence electrons. The molecule has 0 spiro atoms. The molecule has 2 aromatic carbocycles. The molecule has 0 unspecified atom stereocenters. The molecule has 4 heteroatoms.